The summed E-state index contributed by atoms with van der Waals surface area (Å²) in [5.41, 5.74) is 0.496. The number of benzene rings is 1. The monoisotopic (exact) mass is 418 g/mol. The molecule has 2 amide bonds. The van der Waals surface area contributed by atoms with Crippen molar-refractivity contribution in [1.29, 1.82) is 0 Å². The van der Waals surface area contributed by atoms with Gasteiger partial charge in [-0.2, -0.15) is 0 Å². The topological polar surface area (TPSA) is 78.4 Å². The normalized spacial score (nSPS) is 11.1. The predicted molar refractivity (Wildman–Crippen MR) is 94.6 cm³/mol. The van der Waals surface area contributed by atoms with Gasteiger partial charge >= 0.3 is 0 Å². The average Bonchev–Trinajstić information content (AvgIpc) is 2.49. The van der Waals surface area contributed by atoms with Crippen LogP contribution in [0.25, 0.3) is 0 Å². The van der Waals surface area contributed by atoms with Crippen LogP contribution in [0.5, 0.6) is 0 Å². The molecule has 0 fully saturated rings. The second kappa shape index (κ2) is 9.09. The molecule has 0 atom stereocenters. The van der Waals surface area contributed by atoms with E-state index in [1.807, 2.05) is 26.0 Å². The van der Waals surface area contributed by atoms with Crippen LogP contribution in [0.15, 0.2) is 24.3 Å². The maximum Gasteiger partial charge on any atom is 0.252 e. The third-order valence-electron chi connectivity index (χ3n) is 3.30. The van der Waals surface area contributed by atoms with E-state index >= 15 is 0 Å². The minimum absolute atomic E-state index is 0.0418. The zero-order valence-corrected chi connectivity index (χ0v) is 15.1. The van der Waals surface area contributed by atoms with Crippen molar-refractivity contribution in [3.05, 3.63) is 33.4 Å². The number of aliphatic hydroxyl groups excluding tert-OH is 1. The summed E-state index contributed by atoms with van der Waals surface area (Å²) in [6.07, 6.45) is 1.55. The summed E-state index contributed by atoms with van der Waals surface area (Å²) in [5, 5.41) is 14.3. The van der Waals surface area contributed by atoms with E-state index in [1.54, 1.807) is 12.1 Å². The smallest absolute Gasteiger partial charge is 0.252 e. The molecule has 122 valence electrons. The molecule has 0 spiro atoms. The number of amides is 2. The minimum Gasteiger partial charge on any atom is -0.396 e. The number of hydrogen-bond donors (Lipinski definition) is 3. The summed E-state index contributed by atoms with van der Waals surface area (Å²) < 4.78 is 0.850. The van der Waals surface area contributed by atoms with Gasteiger partial charge in [0.05, 0.1) is 12.1 Å². The molecule has 0 aliphatic carbocycles. The highest BCUT2D eigenvalue weighted by Crippen LogP contribution is 2.20. The largest absolute Gasteiger partial charge is 0.396 e. The summed E-state index contributed by atoms with van der Waals surface area (Å²) in [5.74, 6) is -0.462. The zero-order valence-electron chi connectivity index (χ0n) is 13.0. The molecule has 1 aromatic rings. The van der Waals surface area contributed by atoms with Crippen LogP contribution in [-0.4, -0.2) is 36.6 Å². The Morgan fingerprint density at radius 2 is 1.91 bits per heavy atom. The van der Waals surface area contributed by atoms with Gasteiger partial charge in [0.25, 0.3) is 5.91 Å². The number of halogens is 1. The fourth-order valence-electron chi connectivity index (χ4n) is 1.95. The Kier molecular flexibility index (Phi) is 7.81. The molecule has 0 aliphatic heterocycles. The van der Waals surface area contributed by atoms with E-state index in [2.05, 4.69) is 33.2 Å². The first-order chi connectivity index (χ1) is 10.4. The van der Waals surface area contributed by atoms with E-state index in [1.165, 1.54) is 0 Å². The van der Waals surface area contributed by atoms with Gasteiger partial charge in [-0.1, -0.05) is 26.0 Å². The van der Waals surface area contributed by atoms with Gasteiger partial charge in [0.15, 0.2) is 0 Å². The molecule has 0 saturated carbocycles. The zero-order chi connectivity index (χ0) is 16.6. The van der Waals surface area contributed by atoms with Gasteiger partial charge in [-0.05, 0) is 53.0 Å². The van der Waals surface area contributed by atoms with E-state index in [0.717, 1.165) is 9.99 Å². The Balaban J connectivity index is 2.37. The molecular weight excluding hydrogens is 395 g/mol. The first-order valence-corrected chi connectivity index (χ1v) is 8.34. The van der Waals surface area contributed by atoms with Crippen molar-refractivity contribution in [3.8, 4) is 0 Å². The van der Waals surface area contributed by atoms with Crippen molar-refractivity contribution in [1.82, 2.24) is 10.6 Å². The molecule has 0 aliphatic rings. The molecule has 6 heteroatoms. The lowest BCUT2D eigenvalue weighted by Crippen LogP contribution is -2.41. The average molecular weight is 418 g/mol. The van der Waals surface area contributed by atoms with Crippen molar-refractivity contribution >= 4 is 34.4 Å². The second-order valence-electron chi connectivity index (χ2n) is 5.93. The van der Waals surface area contributed by atoms with Crippen LogP contribution < -0.4 is 10.6 Å². The second-order valence-corrected chi connectivity index (χ2v) is 7.09. The lowest BCUT2D eigenvalue weighted by Gasteiger charge is -2.24. The van der Waals surface area contributed by atoms with E-state index in [9.17, 15) is 9.59 Å². The number of carbonyl (C=O) groups excluding carboxylic acids is 2. The van der Waals surface area contributed by atoms with Crippen LogP contribution in [0, 0.1) is 8.99 Å². The van der Waals surface area contributed by atoms with E-state index in [0.29, 0.717) is 18.5 Å². The Morgan fingerprint density at radius 1 is 1.23 bits per heavy atom. The van der Waals surface area contributed by atoms with Crippen LogP contribution in [0.4, 0.5) is 0 Å². The SMILES string of the molecule is CC(C)(CCCO)CNC(=O)CNC(=O)c1ccccc1I. The summed E-state index contributed by atoms with van der Waals surface area (Å²) in [7, 11) is 0. The van der Waals surface area contributed by atoms with Crippen molar-refractivity contribution in [2.45, 2.75) is 26.7 Å². The maximum atomic E-state index is 12.0. The molecular formula is C16H23IN2O3. The molecule has 22 heavy (non-hydrogen) atoms. The van der Waals surface area contributed by atoms with Crippen LogP contribution >= 0.6 is 22.6 Å². The molecule has 0 radical (unpaired) electrons. The van der Waals surface area contributed by atoms with Gasteiger partial charge in [0, 0.05) is 16.7 Å². The summed E-state index contributed by atoms with van der Waals surface area (Å²) in [4.78, 5) is 23.8. The third-order valence-corrected chi connectivity index (χ3v) is 4.24. The van der Waals surface area contributed by atoms with Crippen molar-refractivity contribution in [2.24, 2.45) is 5.41 Å². The Hall–Kier alpha value is -1.15. The third kappa shape index (κ3) is 6.74. The maximum absolute atomic E-state index is 12.0. The lowest BCUT2D eigenvalue weighted by atomic mass is 9.88. The van der Waals surface area contributed by atoms with Gasteiger partial charge in [0.1, 0.15) is 0 Å². The highest BCUT2D eigenvalue weighted by molar-refractivity contribution is 14.1. The van der Waals surface area contributed by atoms with E-state index in [4.69, 9.17) is 5.11 Å². The molecule has 5 nitrogen and oxygen atoms in total. The number of carbonyl (C=O) groups is 2. The van der Waals surface area contributed by atoms with Crippen LogP contribution in [-0.2, 0) is 4.79 Å². The minimum atomic E-state index is -0.250. The summed E-state index contributed by atoms with van der Waals surface area (Å²) >= 11 is 2.09. The fraction of sp³-hybridized carbons (Fsp3) is 0.500. The molecule has 0 saturated heterocycles. The van der Waals surface area contributed by atoms with Gasteiger partial charge in [0.2, 0.25) is 5.91 Å². The van der Waals surface area contributed by atoms with Gasteiger partial charge < -0.3 is 15.7 Å². The summed E-state index contributed by atoms with van der Waals surface area (Å²) in [6, 6.07) is 7.23. The Labute approximate surface area is 145 Å². The molecule has 3 N–H and O–H groups in total. The number of nitrogens with one attached hydrogen (secondary N) is 2. The Morgan fingerprint density at radius 3 is 2.55 bits per heavy atom. The molecule has 0 unspecified atom stereocenters. The fourth-order valence-corrected chi connectivity index (χ4v) is 2.58. The number of rotatable bonds is 8. The number of hydrogen-bond acceptors (Lipinski definition) is 3. The van der Waals surface area contributed by atoms with E-state index in [-0.39, 0.29) is 30.4 Å². The number of aliphatic hydroxyl groups is 1. The molecule has 1 rings (SSSR count). The molecule has 0 bridgehead atoms. The van der Waals surface area contributed by atoms with Crippen molar-refractivity contribution in [3.63, 3.8) is 0 Å². The van der Waals surface area contributed by atoms with Gasteiger partial charge in [-0.3, -0.25) is 9.59 Å². The van der Waals surface area contributed by atoms with Crippen LogP contribution in [0.3, 0.4) is 0 Å². The molecule has 0 aromatic heterocycles. The molecule has 1 aromatic carbocycles. The predicted octanol–water partition coefficient (Wildman–Crippen LogP) is 1.94. The van der Waals surface area contributed by atoms with Gasteiger partial charge in [-0.15, -0.1) is 0 Å². The standard InChI is InChI=1S/C16H23IN2O3/c1-16(2,8-5-9-20)11-19-14(21)10-18-15(22)12-6-3-4-7-13(12)17/h3-4,6-7,20H,5,8-11H2,1-2H3,(H,18,22)(H,19,21). The van der Waals surface area contributed by atoms with Crippen LogP contribution in [0.1, 0.15) is 37.0 Å². The highest BCUT2D eigenvalue weighted by atomic mass is 127. The van der Waals surface area contributed by atoms with Crippen molar-refractivity contribution in [2.75, 3.05) is 19.7 Å². The van der Waals surface area contributed by atoms with Gasteiger partial charge in [-0.25, -0.2) is 0 Å². The van der Waals surface area contributed by atoms with E-state index < -0.39 is 0 Å². The highest BCUT2D eigenvalue weighted by Gasteiger charge is 2.18. The van der Waals surface area contributed by atoms with Crippen LogP contribution in [0.2, 0.25) is 0 Å². The first kappa shape index (κ1) is 18.9. The van der Waals surface area contributed by atoms with Crippen molar-refractivity contribution < 1.29 is 14.7 Å². The Bertz CT molecular complexity index is 518. The quantitative estimate of drug-likeness (QED) is 0.565. The first-order valence-electron chi connectivity index (χ1n) is 7.26. The molecule has 0 heterocycles. The summed E-state index contributed by atoms with van der Waals surface area (Å²) in [6.45, 7) is 4.70. The lowest BCUT2D eigenvalue weighted by molar-refractivity contribution is -0.120.